The maximum atomic E-state index is 6.43. The van der Waals surface area contributed by atoms with Crippen molar-refractivity contribution < 1.29 is 17.1 Å². The smallest absolute Gasteiger partial charge is 0.129 e. The molecule has 0 bridgehead atoms. The van der Waals surface area contributed by atoms with Crippen molar-refractivity contribution in [3.8, 4) is 0 Å². The van der Waals surface area contributed by atoms with Crippen molar-refractivity contribution in [1.82, 2.24) is 0 Å². The predicted octanol–water partition coefficient (Wildman–Crippen LogP) is 2.52. The third-order valence-electron chi connectivity index (χ3n) is 6.58. The minimum Gasteiger partial charge on any atom is -1.00 e. The number of rotatable bonds is 6. The number of allylic oxidation sites excluding steroid dienone is 2. The average Bonchev–Trinajstić information content (AvgIpc) is 2.81. The molecule has 0 aliphatic heterocycles. The fourth-order valence-electron chi connectivity index (χ4n) is 4.82. The van der Waals surface area contributed by atoms with Gasteiger partial charge in [0.05, 0.1) is 0 Å². The zero-order valence-corrected chi connectivity index (χ0v) is 20.1. The first kappa shape index (κ1) is 23.5. The third-order valence-corrected chi connectivity index (χ3v) is 11.1. The first-order valence-corrected chi connectivity index (χ1v) is 12.6. The lowest BCUT2D eigenvalue weighted by atomic mass is 9.80. The quantitative estimate of drug-likeness (QED) is 0.527. The Bertz CT molecular complexity index is 934. The summed E-state index contributed by atoms with van der Waals surface area (Å²) in [5.74, 6) is 0.294. The number of halogens is 1. The van der Waals surface area contributed by atoms with Crippen LogP contribution in [0, 0.1) is 5.92 Å². The third kappa shape index (κ3) is 4.15. The van der Waals surface area contributed by atoms with Crippen LogP contribution >= 0.6 is 7.26 Å². The topological polar surface area (TPSA) is 9.23 Å². The summed E-state index contributed by atoms with van der Waals surface area (Å²) in [4.78, 5) is 0. The molecule has 2 atom stereocenters. The highest BCUT2D eigenvalue weighted by Crippen LogP contribution is 2.60. The molecular formula is C28H30ClOP. The molecule has 3 aromatic carbocycles. The van der Waals surface area contributed by atoms with Gasteiger partial charge in [0.2, 0.25) is 0 Å². The SMILES string of the molecule is COC1(C[P+](c2ccccc2)(c2ccccc2)c2ccccc2)C(C)=CC=CC1C.[Cl-]. The molecule has 0 fully saturated rings. The molecular weight excluding hydrogens is 419 g/mol. The molecule has 2 unspecified atom stereocenters. The highest BCUT2D eigenvalue weighted by molar-refractivity contribution is 7.95. The van der Waals surface area contributed by atoms with Crippen molar-refractivity contribution >= 4 is 23.2 Å². The van der Waals surface area contributed by atoms with E-state index in [9.17, 15) is 0 Å². The summed E-state index contributed by atoms with van der Waals surface area (Å²) in [7, 11) is -0.100. The number of hydrogen-bond donors (Lipinski definition) is 0. The minimum atomic E-state index is -1.98. The Morgan fingerprint density at radius 1 is 0.774 bits per heavy atom. The molecule has 1 aliphatic rings. The first-order valence-electron chi connectivity index (χ1n) is 10.6. The van der Waals surface area contributed by atoms with E-state index in [0.29, 0.717) is 5.92 Å². The van der Waals surface area contributed by atoms with Crippen LogP contribution in [0.5, 0.6) is 0 Å². The zero-order valence-electron chi connectivity index (χ0n) is 18.4. The fourth-order valence-corrected chi connectivity index (χ4v) is 9.68. The molecule has 1 nitrogen and oxygen atoms in total. The molecule has 0 aromatic heterocycles. The first-order chi connectivity index (χ1) is 14.6. The maximum Gasteiger partial charge on any atom is 0.129 e. The molecule has 0 saturated carbocycles. The second-order valence-corrected chi connectivity index (χ2v) is 11.6. The molecule has 160 valence electrons. The van der Waals surface area contributed by atoms with E-state index in [4.69, 9.17) is 4.74 Å². The molecule has 3 heteroatoms. The van der Waals surface area contributed by atoms with Gasteiger partial charge in [-0.25, -0.2) is 0 Å². The van der Waals surface area contributed by atoms with Crippen LogP contribution in [0.1, 0.15) is 13.8 Å². The summed E-state index contributed by atoms with van der Waals surface area (Å²) in [6.45, 7) is 4.51. The van der Waals surface area contributed by atoms with E-state index in [2.05, 4.69) is 123 Å². The lowest BCUT2D eigenvalue weighted by Crippen LogP contribution is -3.00. The van der Waals surface area contributed by atoms with Gasteiger partial charge in [0.15, 0.2) is 0 Å². The van der Waals surface area contributed by atoms with E-state index in [0.717, 1.165) is 6.16 Å². The highest BCUT2D eigenvalue weighted by atomic mass is 35.5. The number of ether oxygens (including phenoxy) is 1. The van der Waals surface area contributed by atoms with Crippen molar-refractivity contribution in [2.24, 2.45) is 5.92 Å². The Morgan fingerprint density at radius 3 is 1.55 bits per heavy atom. The summed E-state index contributed by atoms with van der Waals surface area (Å²) < 4.78 is 6.43. The molecule has 0 N–H and O–H groups in total. The Balaban J connectivity index is 0.00000272. The second-order valence-electron chi connectivity index (χ2n) is 8.09. The van der Waals surface area contributed by atoms with Crippen LogP contribution in [-0.2, 0) is 4.74 Å². The van der Waals surface area contributed by atoms with E-state index in [1.807, 2.05) is 7.11 Å². The zero-order chi connectivity index (χ0) is 21.0. The molecule has 3 aromatic rings. The second kappa shape index (κ2) is 9.96. The summed E-state index contributed by atoms with van der Waals surface area (Å²) in [6.07, 6.45) is 7.61. The van der Waals surface area contributed by atoms with Crippen LogP contribution in [-0.4, -0.2) is 18.9 Å². The van der Waals surface area contributed by atoms with Crippen LogP contribution in [0.4, 0.5) is 0 Å². The van der Waals surface area contributed by atoms with Crippen molar-refractivity contribution in [2.45, 2.75) is 19.4 Å². The van der Waals surface area contributed by atoms with Crippen LogP contribution in [0.25, 0.3) is 0 Å². The molecule has 0 radical (unpaired) electrons. The van der Waals surface area contributed by atoms with Gasteiger partial charge < -0.3 is 17.1 Å². The van der Waals surface area contributed by atoms with Gasteiger partial charge >= 0.3 is 0 Å². The van der Waals surface area contributed by atoms with E-state index in [1.54, 1.807) is 0 Å². The largest absolute Gasteiger partial charge is 1.00 e. The monoisotopic (exact) mass is 448 g/mol. The molecule has 4 rings (SSSR count). The van der Waals surface area contributed by atoms with Crippen molar-refractivity contribution in [2.75, 3.05) is 13.3 Å². The lowest BCUT2D eigenvalue weighted by molar-refractivity contribution is -0.0000141. The van der Waals surface area contributed by atoms with Gasteiger partial charge in [-0.3, -0.25) is 0 Å². The Morgan fingerprint density at radius 2 is 1.19 bits per heavy atom. The molecule has 0 spiro atoms. The summed E-state index contributed by atoms with van der Waals surface area (Å²) in [5, 5.41) is 4.19. The lowest BCUT2D eigenvalue weighted by Gasteiger charge is -2.43. The highest BCUT2D eigenvalue weighted by Gasteiger charge is 2.54. The number of benzene rings is 3. The van der Waals surface area contributed by atoms with Crippen LogP contribution < -0.4 is 28.3 Å². The normalized spacial score (nSPS) is 20.6. The van der Waals surface area contributed by atoms with Crippen LogP contribution in [0.3, 0.4) is 0 Å². The molecule has 31 heavy (non-hydrogen) atoms. The van der Waals surface area contributed by atoms with Gasteiger partial charge in [-0.05, 0) is 48.9 Å². The summed E-state index contributed by atoms with van der Waals surface area (Å²) >= 11 is 0. The van der Waals surface area contributed by atoms with Gasteiger partial charge in [-0.15, -0.1) is 0 Å². The minimum absolute atomic E-state index is 0. The molecule has 0 saturated heterocycles. The van der Waals surface area contributed by atoms with Crippen molar-refractivity contribution in [3.63, 3.8) is 0 Å². The van der Waals surface area contributed by atoms with E-state index < -0.39 is 7.26 Å². The molecule has 0 heterocycles. The van der Waals surface area contributed by atoms with E-state index >= 15 is 0 Å². The van der Waals surface area contributed by atoms with Gasteiger partial charge in [-0.1, -0.05) is 79.7 Å². The summed E-state index contributed by atoms with van der Waals surface area (Å²) in [5.41, 5.74) is 0.955. The van der Waals surface area contributed by atoms with Crippen molar-refractivity contribution in [1.29, 1.82) is 0 Å². The maximum absolute atomic E-state index is 6.43. The standard InChI is InChI=1S/C28H30OP.ClH/c1-23-14-13-15-24(2)28(23,29-3)22-30(25-16-7-4-8-17-25,26-18-9-5-10-19-26)27-20-11-6-12-21-27;/h4-21,23H,22H2,1-3H3;1H/q+1;/p-1. The van der Waals surface area contributed by atoms with Gasteiger partial charge in [-0.2, -0.15) is 0 Å². The Hall–Kier alpha value is -2.18. The Labute approximate surface area is 193 Å². The van der Waals surface area contributed by atoms with Crippen molar-refractivity contribution in [3.05, 3.63) is 115 Å². The van der Waals surface area contributed by atoms with Gasteiger partial charge in [0.1, 0.15) is 34.9 Å². The van der Waals surface area contributed by atoms with E-state index in [-0.39, 0.29) is 18.0 Å². The van der Waals surface area contributed by atoms with Crippen LogP contribution in [0.2, 0.25) is 0 Å². The number of methoxy groups -OCH3 is 1. The number of hydrogen-bond acceptors (Lipinski definition) is 1. The average molecular weight is 449 g/mol. The van der Waals surface area contributed by atoms with Gasteiger partial charge in [0, 0.05) is 13.0 Å². The molecule has 1 aliphatic carbocycles. The fraction of sp³-hybridized carbons (Fsp3) is 0.214. The summed E-state index contributed by atoms with van der Waals surface area (Å²) in [6, 6.07) is 33.2. The van der Waals surface area contributed by atoms with E-state index in [1.165, 1.54) is 21.5 Å². The Kier molecular flexibility index (Phi) is 7.55. The molecule has 0 amide bonds. The van der Waals surface area contributed by atoms with Crippen LogP contribution in [0.15, 0.2) is 115 Å². The van der Waals surface area contributed by atoms with Gasteiger partial charge in [0.25, 0.3) is 0 Å². The predicted molar refractivity (Wildman–Crippen MR) is 132 cm³/mol.